The van der Waals surface area contributed by atoms with Crippen LogP contribution in [-0.2, 0) is 0 Å². The lowest BCUT2D eigenvalue weighted by Crippen LogP contribution is -2.33. The fourth-order valence-corrected chi connectivity index (χ4v) is 3.23. The van der Waals surface area contributed by atoms with E-state index in [9.17, 15) is 0 Å². The number of hydrogen-bond acceptors (Lipinski definition) is 7. The van der Waals surface area contributed by atoms with Crippen molar-refractivity contribution in [1.82, 2.24) is 20.0 Å². The summed E-state index contributed by atoms with van der Waals surface area (Å²) >= 11 is 1.91. The molecular weight excluding hydrogens is 262 g/mol. The summed E-state index contributed by atoms with van der Waals surface area (Å²) < 4.78 is 5.29. The van der Waals surface area contributed by atoms with Crippen LogP contribution >= 0.6 is 11.8 Å². The first-order valence-corrected chi connectivity index (χ1v) is 7.23. The van der Waals surface area contributed by atoms with Crippen LogP contribution in [0, 0.1) is 0 Å². The van der Waals surface area contributed by atoms with Crippen molar-refractivity contribution < 1.29 is 4.52 Å². The molecule has 1 aliphatic heterocycles. The van der Waals surface area contributed by atoms with Gasteiger partial charge >= 0.3 is 0 Å². The molecule has 3 rings (SSSR count). The van der Waals surface area contributed by atoms with Gasteiger partial charge in [0, 0.05) is 24.2 Å². The lowest BCUT2D eigenvalue weighted by atomic mass is 10.2. The second-order valence-corrected chi connectivity index (χ2v) is 5.62. The van der Waals surface area contributed by atoms with Crippen molar-refractivity contribution >= 4 is 17.4 Å². The second kappa shape index (κ2) is 5.18. The minimum absolute atomic E-state index is 0.196. The third kappa shape index (κ3) is 2.43. The zero-order chi connectivity index (χ0) is 13.2. The molecule has 2 aromatic rings. The van der Waals surface area contributed by atoms with Crippen LogP contribution in [0.5, 0.6) is 0 Å². The number of nitrogens with two attached hydrogens (primary N) is 1. The predicted octanol–water partition coefficient (Wildman–Crippen LogP) is 1.43. The molecule has 0 radical (unpaired) electrons. The van der Waals surface area contributed by atoms with Crippen molar-refractivity contribution in [3.8, 4) is 11.6 Å². The first kappa shape index (κ1) is 12.4. The van der Waals surface area contributed by atoms with Crippen molar-refractivity contribution in [2.45, 2.75) is 6.04 Å². The Labute approximate surface area is 115 Å². The van der Waals surface area contributed by atoms with E-state index in [1.165, 1.54) is 0 Å². The van der Waals surface area contributed by atoms with Gasteiger partial charge in [-0.3, -0.25) is 4.90 Å². The zero-order valence-corrected chi connectivity index (χ0v) is 11.4. The highest BCUT2D eigenvalue weighted by Crippen LogP contribution is 2.28. The third-order valence-electron chi connectivity index (χ3n) is 3.18. The van der Waals surface area contributed by atoms with Crippen molar-refractivity contribution in [1.29, 1.82) is 0 Å². The highest BCUT2D eigenvalue weighted by Gasteiger charge is 2.26. The Morgan fingerprint density at radius 1 is 1.53 bits per heavy atom. The van der Waals surface area contributed by atoms with E-state index < -0.39 is 0 Å². The summed E-state index contributed by atoms with van der Waals surface area (Å²) in [5, 5.41) is 4.07. The van der Waals surface area contributed by atoms with Crippen LogP contribution in [0.25, 0.3) is 11.6 Å². The summed E-state index contributed by atoms with van der Waals surface area (Å²) in [5.74, 6) is 3.21. The Morgan fingerprint density at radius 2 is 2.42 bits per heavy atom. The number of thioether (sulfide) groups is 1. The molecule has 0 spiro atoms. The maximum atomic E-state index is 5.86. The molecule has 3 heterocycles. The number of nitrogens with zero attached hydrogens (tertiary/aromatic N) is 4. The number of aromatic nitrogens is 3. The van der Waals surface area contributed by atoms with E-state index >= 15 is 0 Å². The van der Waals surface area contributed by atoms with Crippen molar-refractivity contribution in [3.63, 3.8) is 0 Å². The molecule has 0 aliphatic carbocycles. The molecule has 0 aromatic carbocycles. The molecule has 2 N–H and O–H groups in total. The van der Waals surface area contributed by atoms with Crippen LogP contribution in [0.4, 0.5) is 5.69 Å². The van der Waals surface area contributed by atoms with E-state index in [1.54, 1.807) is 18.3 Å². The SMILES string of the molecule is CN1CCSCC1c1noc(-c2ncccc2N)n1. The number of nitrogen functional groups attached to an aromatic ring is 1. The van der Waals surface area contributed by atoms with Gasteiger partial charge in [-0.25, -0.2) is 4.98 Å². The number of rotatable bonds is 2. The van der Waals surface area contributed by atoms with Crippen LogP contribution < -0.4 is 5.73 Å². The first-order valence-electron chi connectivity index (χ1n) is 6.08. The maximum Gasteiger partial charge on any atom is 0.278 e. The summed E-state index contributed by atoms with van der Waals surface area (Å²) in [6.45, 7) is 1.03. The average Bonchev–Trinajstić information content (AvgIpc) is 2.89. The molecule has 6 nitrogen and oxygen atoms in total. The van der Waals surface area contributed by atoms with Gasteiger partial charge in [-0.2, -0.15) is 16.7 Å². The first-order chi connectivity index (χ1) is 9.25. The van der Waals surface area contributed by atoms with E-state index in [2.05, 4.69) is 27.1 Å². The zero-order valence-electron chi connectivity index (χ0n) is 10.6. The van der Waals surface area contributed by atoms with Crippen molar-refractivity contribution in [3.05, 3.63) is 24.2 Å². The molecule has 0 saturated carbocycles. The van der Waals surface area contributed by atoms with E-state index in [0.29, 0.717) is 23.1 Å². The highest BCUT2D eigenvalue weighted by atomic mass is 32.2. The molecule has 1 aliphatic rings. The lowest BCUT2D eigenvalue weighted by Gasteiger charge is -2.29. The summed E-state index contributed by atoms with van der Waals surface area (Å²) in [7, 11) is 2.08. The van der Waals surface area contributed by atoms with Crippen molar-refractivity contribution in [2.24, 2.45) is 0 Å². The van der Waals surface area contributed by atoms with Gasteiger partial charge in [0.2, 0.25) is 0 Å². The van der Waals surface area contributed by atoms with Crippen LogP contribution in [0.2, 0.25) is 0 Å². The van der Waals surface area contributed by atoms with E-state index in [0.717, 1.165) is 18.1 Å². The number of anilines is 1. The molecule has 0 bridgehead atoms. The van der Waals surface area contributed by atoms with E-state index in [1.807, 2.05) is 11.8 Å². The Hall–Kier alpha value is -1.60. The van der Waals surface area contributed by atoms with Gasteiger partial charge in [0.05, 0.1) is 11.7 Å². The monoisotopic (exact) mass is 277 g/mol. The molecule has 7 heteroatoms. The normalized spacial score (nSPS) is 20.6. The average molecular weight is 277 g/mol. The summed E-state index contributed by atoms with van der Waals surface area (Å²) in [6.07, 6.45) is 1.66. The molecule has 2 aromatic heterocycles. The Balaban J connectivity index is 1.89. The Kier molecular flexibility index (Phi) is 3.39. The highest BCUT2D eigenvalue weighted by molar-refractivity contribution is 7.99. The molecule has 1 unspecified atom stereocenters. The van der Waals surface area contributed by atoms with Gasteiger partial charge in [0.15, 0.2) is 11.5 Å². The van der Waals surface area contributed by atoms with Crippen LogP contribution in [0.3, 0.4) is 0 Å². The van der Waals surface area contributed by atoms with Gasteiger partial charge in [-0.1, -0.05) is 5.16 Å². The summed E-state index contributed by atoms with van der Waals surface area (Å²) in [4.78, 5) is 10.9. The van der Waals surface area contributed by atoms with E-state index in [-0.39, 0.29) is 6.04 Å². The minimum Gasteiger partial charge on any atom is -0.397 e. The third-order valence-corrected chi connectivity index (χ3v) is 4.20. The van der Waals surface area contributed by atoms with Gasteiger partial charge < -0.3 is 10.3 Å². The summed E-state index contributed by atoms with van der Waals surface area (Å²) in [5.41, 5.74) is 6.96. The standard InChI is InChI=1S/C12H15N5OS/c1-17-5-6-19-7-9(17)11-15-12(18-16-11)10-8(13)3-2-4-14-10/h2-4,9H,5-7,13H2,1H3. The molecule has 19 heavy (non-hydrogen) atoms. The fourth-order valence-electron chi connectivity index (χ4n) is 2.02. The Morgan fingerprint density at radius 3 is 3.21 bits per heavy atom. The van der Waals surface area contributed by atoms with Crippen LogP contribution in [0.15, 0.2) is 22.9 Å². The van der Waals surface area contributed by atoms with Crippen LogP contribution in [-0.4, -0.2) is 45.1 Å². The van der Waals surface area contributed by atoms with Gasteiger partial charge in [0.25, 0.3) is 5.89 Å². The predicted molar refractivity (Wildman–Crippen MR) is 74.6 cm³/mol. The maximum absolute atomic E-state index is 5.86. The number of pyridine rings is 1. The fraction of sp³-hybridized carbons (Fsp3) is 0.417. The molecule has 100 valence electrons. The molecular formula is C12H15N5OS. The molecule has 1 saturated heterocycles. The van der Waals surface area contributed by atoms with Gasteiger partial charge in [0.1, 0.15) is 0 Å². The van der Waals surface area contributed by atoms with Gasteiger partial charge in [-0.15, -0.1) is 0 Å². The lowest BCUT2D eigenvalue weighted by molar-refractivity contribution is 0.257. The number of hydrogen-bond donors (Lipinski definition) is 1. The largest absolute Gasteiger partial charge is 0.397 e. The Bertz CT molecular complexity index is 573. The second-order valence-electron chi connectivity index (χ2n) is 4.47. The molecule has 0 amide bonds. The summed E-state index contributed by atoms with van der Waals surface area (Å²) in [6, 6.07) is 3.75. The molecule has 1 atom stereocenters. The van der Waals surface area contributed by atoms with Gasteiger partial charge in [-0.05, 0) is 19.2 Å². The smallest absolute Gasteiger partial charge is 0.278 e. The van der Waals surface area contributed by atoms with Crippen molar-refractivity contribution in [2.75, 3.05) is 30.8 Å². The topological polar surface area (TPSA) is 81.1 Å². The molecule has 1 fully saturated rings. The van der Waals surface area contributed by atoms with E-state index in [4.69, 9.17) is 10.3 Å². The minimum atomic E-state index is 0.196. The quantitative estimate of drug-likeness (QED) is 0.889. The van der Waals surface area contributed by atoms with Crippen LogP contribution in [0.1, 0.15) is 11.9 Å².